The molecule has 1 unspecified atom stereocenters. The van der Waals surface area contributed by atoms with Crippen LogP contribution in [0.2, 0.25) is 0 Å². The second-order valence-corrected chi connectivity index (χ2v) is 6.68. The lowest BCUT2D eigenvalue weighted by molar-refractivity contribution is -0.155. The van der Waals surface area contributed by atoms with Gasteiger partial charge in [-0.1, -0.05) is 42.5 Å². The average Bonchev–Trinajstić information content (AvgIpc) is 3.10. The van der Waals surface area contributed by atoms with E-state index in [0.717, 1.165) is 45.4 Å². The van der Waals surface area contributed by atoms with Crippen LogP contribution in [-0.4, -0.2) is 59.1 Å². The van der Waals surface area contributed by atoms with Gasteiger partial charge in [-0.15, -0.1) is 0 Å². The minimum Gasteiger partial charge on any atom is -0.379 e. The third-order valence-corrected chi connectivity index (χ3v) is 4.81. The molecule has 23 heavy (non-hydrogen) atoms. The van der Waals surface area contributed by atoms with Crippen molar-refractivity contribution in [3.05, 3.63) is 42.0 Å². The molecule has 0 radical (unpaired) electrons. The minimum absolute atomic E-state index is 0.0632. The van der Waals surface area contributed by atoms with Crippen LogP contribution < -0.4 is 0 Å². The van der Waals surface area contributed by atoms with Crippen LogP contribution in [0.5, 0.6) is 0 Å². The van der Waals surface area contributed by atoms with Crippen LogP contribution in [0.3, 0.4) is 0 Å². The van der Waals surface area contributed by atoms with Gasteiger partial charge in [-0.2, -0.15) is 0 Å². The molecule has 2 aliphatic rings. The number of hydrogen-bond acceptors (Lipinski definition) is 3. The van der Waals surface area contributed by atoms with Crippen LogP contribution in [-0.2, 0) is 4.79 Å². The first-order valence-corrected chi connectivity index (χ1v) is 8.63. The summed E-state index contributed by atoms with van der Waals surface area (Å²) in [7, 11) is 0. The number of aliphatic hydroxyl groups is 1. The largest absolute Gasteiger partial charge is 0.379 e. The molecule has 3 rings (SSSR count). The molecule has 2 saturated heterocycles. The van der Waals surface area contributed by atoms with E-state index < -0.39 is 5.60 Å². The number of piperidine rings is 1. The predicted molar refractivity (Wildman–Crippen MR) is 91.9 cm³/mol. The fourth-order valence-electron chi connectivity index (χ4n) is 3.57. The van der Waals surface area contributed by atoms with Gasteiger partial charge in [-0.3, -0.25) is 9.69 Å². The van der Waals surface area contributed by atoms with Crippen molar-refractivity contribution in [3.8, 4) is 0 Å². The zero-order valence-electron chi connectivity index (χ0n) is 13.7. The predicted octanol–water partition coefficient (Wildman–Crippen LogP) is 2.15. The number of carbonyl (C=O) groups excluding carboxylic acids is 1. The number of nitrogens with zero attached hydrogens (tertiary/aromatic N) is 2. The van der Waals surface area contributed by atoms with Crippen molar-refractivity contribution in [3.63, 3.8) is 0 Å². The summed E-state index contributed by atoms with van der Waals surface area (Å²) < 4.78 is 0. The van der Waals surface area contributed by atoms with Crippen molar-refractivity contribution in [2.45, 2.75) is 31.3 Å². The molecule has 1 N–H and O–H groups in total. The topological polar surface area (TPSA) is 43.8 Å². The first-order valence-electron chi connectivity index (χ1n) is 8.63. The van der Waals surface area contributed by atoms with Crippen molar-refractivity contribution in [1.29, 1.82) is 0 Å². The normalized spacial score (nSPS) is 26.0. The monoisotopic (exact) mass is 314 g/mol. The van der Waals surface area contributed by atoms with Gasteiger partial charge < -0.3 is 10.0 Å². The van der Waals surface area contributed by atoms with Gasteiger partial charge >= 0.3 is 0 Å². The molecule has 0 saturated carbocycles. The van der Waals surface area contributed by atoms with Gasteiger partial charge in [-0.05, 0) is 37.8 Å². The third-order valence-electron chi connectivity index (χ3n) is 4.81. The Hall–Kier alpha value is -1.65. The lowest BCUT2D eigenvalue weighted by atomic mass is 9.91. The molecule has 1 atom stereocenters. The van der Waals surface area contributed by atoms with Gasteiger partial charge in [0.15, 0.2) is 5.60 Å². The first-order chi connectivity index (χ1) is 11.2. The number of β-amino-alcohol motifs (C(OH)–C–C–N with tert-alkyl or cyclic N) is 1. The van der Waals surface area contributed by atoms with Crippen LogP contribution in [0.25, 0.3) is 6.08 Å². The van der Waals surface area contributed by atoms with Crippen molar-refractivity contribution in [1.82, 2.24) is 9.80 Å². The minimum atomic E-state index is -1.19. The Labute approximate surface area is 138 Å². The first kappa shape index (κ1) is 16.2. The lowest BCUT2D eigenvalue weighted by Crippen LogP contribution is -2.57. The Balaban J connectivity index is 1.57. The molecular weight excluding hydrogens is 288 g/mol. The van der Waals surface area contributed by atoms with Gasteiger partial charge in [0.25, 0.3) is 5.91 Å². The molecule has 2 heterocycles. The summed E-state index contributed by atoms with van der Waals surface area (Å²) in [5.74, 6) is -0.0632. The van der Waals surface area contributed by atoms with Gasteiger partial charge in [0.05, 0.1) is 0 Å². The number of rotatable bonds is 4. The average molecular weight is 314 g/mol. The Morgan fingerprint density at radius 2 is 1.87 bits per heavy atom. The van der Waals surface area contributed by atoms with Crippen LogP contribution in [0, 0.1) is 0 Å². The zero-order chi connectivity index (χ0) is 16.1. The number of hydrogen-bond donors (Lipinski definition) is 1. The van der Waals surface area contributed by atoms with Crippen molar-refractivity contribution in [2.75, 3.05) is 32.7 Å². The number of amides is 1. The molecule has 0 spiro atoms. The quantitative estimate of drug-likeness (QED) is 0.926. The van der Waals surface area contributed by atoms with E-state index >= 15 is 0 Å². The highest BCUT2D eigenvalue weighted by Gasteiger charge is 2.42. The maximum absolute atomic E-state index is 12.6. The van der Waals surface area contributed by atoms with Crippen molar-refractivity contribution in [2.24, 2.45) is 0 Å². The van der Waals surface area contributed by atoms with Crippen LogP contribution in [0.1, 0.15) is 31.2 Å². The summed E-state index contributed by atoms with van der Waals surface area (Å²) in [6.45, 7) is 3.75. The number of likely N-dealkylation sites (tertiary alicyclic amines) is 2. The van der Waals surface area contributed by atoms with Crippen LogP contribution >= 0.6 is 0 Å². The van der Waals surface area contributed by atoms with E-state index in [9.17, 15) is 9.90 Å². The summed E-state index contributed by atoms with van der Waals surface area (Å²) >= 11 is 0. The molecular formula is C19H26N2O2. The van der Waals surface area contributed by atoms with E-state index in [2.05, 4.69) is 29.2 Å². The molecule has 2 aliphatic heterocycles. The summed E-state index contributed by atoms with van der Waals surface area (Å²) in [6.07, 6.45) is 7.78. The van der Waals surface area contributed by atoms with E-state index in [1.807, 2.05) is 23.1 Å². The summed E-state index contributed by atoms with van der Waals surface area (Å²) in [6, 6.07) is 10.2. The lowest BCUT2D eigenvalue weighted by Gasteiger charge is -2.39. The number of carbonyl (C=O) groups is 1. The maximum Gasteiger partial charge on any atom is 0.255 e. The van der Waals surface area contributed by atoms with Gasteiger partial charge in [-0.25, -0.2) is 0 Å². The summed E-state index contributed by atoms with van der Waals surface area (Å²) in [4.78, 5) is 16.6. The molecule has 1 aromatic carbocycles. The zero-order valence-corrected chi connectivity index (χ0v) is 13.7. The van der Waals surface area contributed by atoms with E-state index in [-0.39, 0.29) is 5.91 Å². The third kappa shape index (κ3) is 4.01. The Morgan fingerprint density at radius 3 is 2.61 bits per heavy atom. The van der Waals surface area contributed by atoms with Gasteiger partial charge in [0.2, 0.25) is 0 Å². The van der Waals surface area contributed by atoms with Crippen molar-refractivity contribution < 1.29 is 9.90 Å². The fourth-order valence-corrected chi connectivity index (χ4v) is 3.57. The van der Waals surface area contributed by atoms with E-state index in [1.54, 1.807) is 0 Å². The molecule has 4 nitrogen and oxygen atoms in total. The highest BCUT2D eigenvalue weighted by atomic mass is 16.3. The highest BCUT2D eigenvalue weighted by Crippen LogP contribution is 2.25. The van der Waals surface area contributed by atoms with Crippen LogP contribution in [0.15, 0.2) is 36.4 Å². The van der Waals surface area contributed by atoms with Gasteiger partial charge in [0.1, 0.15) is 0 Å². The fraction of sp³-hybridized carbons (Fsp3) is 0.526. The van der Waals surface area contributed by atoms with E-state index in [4.69, 9.17) is 0 Å². The molecule has 4 heteroatoms. The molecule has 2 fully saturated rings. The molecule has 0 aromatic heterocycles. The Kier molecular flexibility index (Phi) is 5.13. The maximum atomic E-state index is 12.6. The molecule has 0 aliphatic carbocycles. The Bertz CT molecular complexity index is 552. The second-order valence-electron chi connectivity index (χ2n) is 6.68. The van der Waals surface area contributed by atoms with Crippen molar-refractivity contribution >= 4 is 12.0 Å². The number of benzene rings is 1. The van der Waals surface area contributed by atoms with E-state index in [1.165, 1.54) is 5.56 Å². The molecule has 124 valence electrons. The van der Waals surface area contributed by atoms with Gasteiger partial charge in [0, 0.05) is 26.2 Å². The summed E-state index contributed by atoms with van der Waals surface area (Å²) in [5, 5.41) is 10.8. The molecule has 1 amide bonds. The molecule has 0 bridgehead atoms. The van der Waals surface area contributed by atoms with E-state index in [0.29, 0.717) is 13.0 Å². The SMILES string of the molecule is O=C(N1CCCC1)C1(O)CCCN(C/C=C/c2ccccc2)C1. The smallest absolute Gasteiger partial charge is 0.255 e. The Morgan fingerprint density at radius 1 is 1.13 bits per heavy atom. The standard InChI is InChI=1S/C19H26N2O2/c22-18(21-14-4-5-15-21)19(23)11-7-13-20(16-19)12-6-10-17-8-2-1-3-9-17/h1-3,6,8-10,23H,4-5,7,11-16H2/b10-6+. The highest BCUT2D eigenvalue weighted by molar-refractivity contribution is 5.85. The van der Waals surface area contributed by atoms with Crippen LogP contribution in [0.4, 0.5) is 0 Å². The second kappa shape index (κ2) is 7.28. The summed E-state index contributed by atoms with van der Waals surface area (Å²) in [5.41, 5.74) is -0.0173. The molecule has 1 aromatic rings.